The van der Waals surface area contributed by atoms with Gasteiger partial charge < -0.3 is 9.47 Å². The molecule has 0 aliphatic carbocycles. The van der Waals surface area contributed by atoms with Crippen molar-refractivity contribution in [1.82, 2.24) is 0 Å². The van der Waals surface area contributed by atoms with Gasteiger partial charge in [-0.25, -0.2) is 0 Å². The molecular formula is C12H14Cl3NO2. The van der Waals surface area contributed by atoms with Gasteiger partial charge in [-0.2, -0.15) is 0 Å². The fourth-order valence-corrected chi connectivity index (χ4v) is 1.54. The number of rotatable bonds is 4. The predicted molar refractivity (Wildman–Crippen MR) is 75.4 cm³/mol. The second kappa shape index (κ2) is 6.50. The molecule has 1 N–H and O–H groups in total. The Balaban J connectivity index is 2.52. The Morgan fingerprint density at radius 2 is 2.00 bits per heavy atom. The zero-order valence-electron chi connectivity index (χ0n) is 10.1. The van der Waals surface area contributed by atoms with Crippen molar-refractivity contribution in [2.24, 2.45) is 0 Å². The normalized spacial score (nSPS) is 11.2. The van der Waals surface area contributed by atoms with Crippen molar-refractivity contribution in [2.45, 2.75) is 17.1 Å². The summed E-state index contributed by atoms with van der Waals surface area (Å²) in [5.74, 6) is 0.454. The second-order valence-corrected chi connectivity index (χ2v) is 6.01. The highest BCUT2D eigenvalue weighted by Crippen LogP contribution is 2.27. The molecule has 0 spiro atoms. The first-order valence-corrected chi connectivity index (χ1v) is 6.40. The van der Waals surface area contributed by atoms with Crippen molar-refractivity contribution in [3.63, 3.8) is 0 Å². The van der Waals surface area contributed by atoms with Crippen LogP contribution >= 0.6 is 34.8 Å². The van der Waals surface area contributed by atoms with Crippen molar-refractivity contribution >= 4 is 40.7 Å². The summed E-state index contributed by atoms with van der Waals surface area (Å²) in [5.41, 5.74) is 2.10. The minimum Gasteiger partial charge on any atom is -0.496 e. The van der Waals surface area contributed by atoms with Gasteiger partial charge in [-0.05, 0) is 24.1 Å². The molecule has 0 heterocycles. The summed E-state index contributed by atoms with van der Waals surface area (Å²) in [7, 11) is 1.63. The third-order valence-electron chi connectivity index (χ3n) is 2.37. The van der Waals surface area contributed by atoms with E-state index in [2.05, 4.69) is 0 Å². The number of ether oxygens (including phenoxy) is 2. The van der Waals surface area contributed by atoms with E-state index in [0.29, 0.717) is 6.42 Å². The van der Waals surface area contributed by atoms with Crippen LogP contribution in [0.5, 0.6) is 5.75 Å². The van der Waals surface area contributed by atoms with Gasteiger partial charge in [0.1, 0.15) is 5.75 Å². The zero-order valence-corrected chi connectivity index (χ0v) is 12.4. The Morgan fingerprint density at radius 3 is 2.56 bits per heavy atom. The van der Waals surface area contributed by atoms with E-state index in [1.165, 1.54) is 0 Å². The monoisotopic (exact) mass is 309 g/mol. The van der Waals surface area contributed by atoms with E-state index < -0.39 is 3.79 Å². The third-order valence-corrected chi connectivity index (χ3v) is 2.88. The Labute approximate surface area is 121 Å². The number of alkyl halides is 3. The summed E-state index contributed by atoms with van der Waals surface area (Å²) in [4.78, 5) is 0. The average Bonchev–Trinajstić information content (AvgIpc) is 2.30. The molecular weight excluding hydrogens is 296 g/mol. The molecule has 0 fully saturated rings. The van der Waals surface area contributed by atoms with E-state index in [1.54, 1.807) is 7.11 Å². The smallest absolute Gasteiger partial charge is 0.265 e. The lowest BCUT2D eigenvalue weighted by atomic mass is 10.1. The molecule has 6 heteroatoms. The minimum atomic E-state index is -1.80. The number of nitrogens with one attached hydrogen (secondary N) is 1. The molecule has 3 nitrogen and oxygen atoms in total. The molecule has 0 saturated carbocycles. The lowest BCUT2D eigenvalue weighted by molar-refractivity contribution is 0.300. The average molecular weight is 311 g/mol. The first-order valence-electron chi connectivity index (χ1n) is 5.26. The quantitative estimate of drug-likeness (QED) is 0.520. The molecule has 0 saturated heterocycles. The van der Waals surface area contributed by atoms with Gasteiger partial charge in [0.15, 0.2) is 0 Å². The van der Waals surface area contributed by atoms with E-state index in [4.69, 9.17) is 49.7 Å². The van der Waals surface area contributed by atoms with Gasteiger partial charge in [0.25, 0.3) is 3.79 Å². The summed E-state index contributed by atoms with van der Waals surface area (Å²) < 4.78 is 8.48. The number of methoxy groups -OCH3 is 1. The van der Waals surface area contributed by atoms with Gasteiger partial charge in [-0.15, -0.1) is 0 Å². The van der Waals surface area contributed by atoms with Crippen LogP contribution in [0.1, 0.15) is 11.1 Å². The molecule has 1 aromatic rings. The number of hydrogen-bond acceptors (Lipinski definition) is 3. The van der Waals surface area contributed by atoms with Crippen LogP contribution in [0.3, 0.4) is 0 Å². The van der Waals surface area contributed by atoms with Crippen LogP contribution in [-0.4, -0.2) is 23.4 Å². The lowest BCUT2D eigenvalue weighted by Crippen LogP contribution is -2.22. The lowest BCUT2D eigenvalue weighted by Gasteiger charge is -2.14. The Bertz CT molecular complexity index is 430. The number of halogens is 3. The number of aryl methyl sites for hydroxylation is 1. The van der Waals surface area contributed by atoms with E-state index >= 15 is 0 Å². The van der Waals surface area contributed by atoms with Crippen LogP contribution in [0.4, 0.5) is 0 Å². The molecule has 1 rings (SSSR count). The van der Waals surface area contributed by atoms with Gasteiger partial charge in [0.2, 0.25) is 5.90 Å². The highest BCUT2D eigenvalue weighted by Gasteiger charge is 2.28. The van der Waals surface area contributed by atoms with Crippen molar-refractivity contribution in [1.29, 1.82) is 5.41 Å². The highest BCUT2D eigenvalue weighted by molar-refractivity contribution is 6.76. The largest absolute Gasteiger partial charge is 0.496 e. The zero-order chi connectivity index (χ0) is 13.8. The summed E-state index contributed by atoms with van der Waals surface area (Å²) in [6.45, 7) is 2.25. The molecule has 0 radical (unpaired) electrons. The SMILES string of the molecule is COc1cc(CCOC(=N)C(Cl)(Cl)Cl)ccc1C. The Hall–Kier alpha value is -0.640. The predicted octanol–water partition coefficient (Wildman–Crippen LogP) is 3.91. The third kappa shape index (κ3) is 4.56. The van der Waals surface area contributed by atoms with E-state index in [-0.39, 0.29) is 12.5 Å². The van der Waals surface area contributed by atoms with Crippen LogP contribution in [0.15, 0.2) is 18.2 Å². The van der Waals surface area contributed by atoms with Crippen LogP contribution < -0.4 is 4.74 Å². The van der Waals surface area contributed by atoms with Gasteiger partial charge >= 0.3 is 0 Å². The molecule has 1 aromatic carbocycles. The summed E-state index contributed by atoms with van der Waals surface area (Å²) >= 11 is 16.5. The molecule has 18 heavy (non-hydrogen) atoms. The first-order chi connectivity index (χ1) is 8.34. The highest BCUT2D eigenvalue weighted by atomic mass is 35.6. The molecule has 0 aliphatic heterocycles. The standard InChI is InChI=1S/C12H14Cl3NO2/c1-8-3-4-9(7-10(8)17-2)5-6-18-11(16)12(13,14)15/h3-4,7,16H,5-6H2,1-2H3. The van der Waals surface area contributed by atoms with Gasteiger partial charge in [-0.1, -0.05) is 46.9 Å². The van der Waals surface area contributed by atoms with Gasteiger partial charge in [-0.3, -0.25) is 5.41 Å². The molecule has 0 bridgehead atoms. The maximum atomic E-state index is 7.38. The maximum Gasteiger partial charge on any atom is 0.265 e. The number of hydrogen-bond donors (Lipinski definition) is 1. The molecule has 0 amide bonds. The topological polar surface area (TPSA) is 42.3 Å². The van der Waals surface area contributed by atoms with Crippen molar-refractivity contribution in [3.05, 3.63) is 29.3 Å². The van der Waals surface area contributed by atoms with Crippen LogP contribution in [-0.2, 0) is 11.2 Å². The van der Waals surface area contributed by atoms with Gasteiger partial charge in [0, 0.05) is 6.42 Å². The van der Waals surface area contributed by atoms with Crippen LogP contribution in [0, 0.1) is 12.3 Å². The molecule has 100 valence electrons. The molecule has 0 atom stereocenters. The summed E-state index contributed by atoms with van der Waals surface area (Å²) in [6.07, 6.45) is 0.611. The van der Waals surface area contributed by atoms with Crippen molar-refractivity contribution in [2.75, 3.05) is 13.7 Å². The fraction of sp³-hybridized carbons (Fsp3) is 0.417. The Morgan fingerprint density at radius 1 is 1.33 bits per heavy atom. The van der Waals surface area contributed by atoms with Crippen molar-refractivity contribution < 1.29 is 9.47 Å². The van der Waals surface area contributed by atoms with Crippen LogP contribution in [0.25, 0.3) is 0 Å². The Kier molecular flexibility index (Phi) is 5.57. The van der Waals surface area contributed by atoms with E-state index in [1.807, 2.05) is 25.1 Å². The van der Waals surface area contributed by atoms with Crippen molar-refractivity contribution in [3.8, 4) is 5.75 Å². The number of benzene rings is 1. The maximum absolute atomic E-state index is 7.38. The first kappa shape index (κ1) is 15.4. The summed E-state index contributed by atoms with van der Waals surface area (Å²) in [5, 5.41) is 7.38. The van der Waals surface area contributed by atoms with Gasteiger partial charge in [0.05, 0.1) is 13.7 Å². The molecule has 0 aliphatic rings. The second-order valence-electron chi connectivity index (χ2n) is 3.73. The molecule has 0 aromatic heterocycles. The van der Waals surface area contributed by atoms with E-state index in [0.717, 1.165) is 16.9 Å². The van der Waals surface area contributed by atoms with Crippen LogP contribution in [0.2, 0.25) is 0 Å². The molecule has 0 unspecified atom stereocenters. The minimum absolute atomic E-state index is 0.277. The van der Waals surface area contributed by atoms with E-state index in [9.17, 15) is 0 Å². The fourth-order valence-electron chi connectivity index (χ4n) is 1.37. The summed E-state index contributed by atoms with van der Waals surface area (Å²) in [6, 6.07) is 5.87.